The molecule has 0 spiro atoms. The molecule has 8 heteroatoms. The second-order valence-corrected chi connectivity index (χ2v) is 8.58. The zero-order chi connectivity index (χ0) is 23.6. The molecule has 1 unspecified atom stereocenters. The normalized spacial score (nSPS) is 16.7. The van der Waals surface area contributed by atoms with Gasteiger partial charge in [-0.2, -0.15) is 0 Å². The molecule has 1 amide bonds. The van der Waals surface area contributed by atoms with Crippen molar-refractivity contribution in [3.8, 4) is 0 Å². The predicted molar refractivity (Wildman–Crippen MR) is 127 cm³/mol. The molecule has 0 radical (unpaired) electrons. The Balaban J connectivity index is 1.58. The summed E-state index contributed by atoms with van der Waals surface area (Å²) in [5.74, 6) is -0.335. The highest BCUT2D eigenvalue weighted by atomic mass is 16.6. The maximum absolute atomic E-state index is 13.9. The van der Waals surface area contributed by atoms with Gasteiger partial charge in [0.2, 0.25) is 0 Å². The minimum Gasteiger partial charge on any atom is -0.349 e. The first-order valence-corrected chi connectivity index (χ1v) is 11.0. The van der Waals surface area contributed by atoms with Crippen LogP contribution in [0.1, 0.15) is 38.1 Å². The molecule has 2 aliphatic rings. The predicted octanol–water partition coefficient (Wildman–Crippen LogP) is 4.38. The Morgan fingerprint density at radius 2 is 1.71 bits per heavy atom. The van der Waals surface area contributed by atoms with Crippen molar-refractivity contribution in [2.24, 2.45) is 0 Å². The SMILES string of the molecule is CN1c2ccccc2C(=O)N2CCc3c(n(C(=O)c4ccc([N+](=O)[O-])cc4)c4ccccc34)C21. The fourth-order valence-electron chi connectivity index (χ4n) is 5.29. The number of carbonyl (C=O) groups excluding carboxylic acids is 2. The molecular weight excluding hydrogens is 432 g/mol. The fraction of sp³-hybridized carbons (Fsp3) is 0.154. The molecule has 0 saturated carbocycles. The van der Waals surface area contributed by atoms with Crippen LogP contribution in [0, 0.1) is 10.1 Å². The van der Waals surface area contributed by atoms with E-state index in [1.165, 1.54) is 24.3 Å². The number of amides is 1. The van der Waals surface area contributed by atoms with Crippen LogP contribution in [0.2, 0.25) is 0 Å². The van der Waals surface area contributed by atoms with Crippen LogP contribution < -0.4 is 4.90 Å². The number of anilines is 1. The summed E-state index contributed by atoms with van der Waals surface area (Å²) in [6.45, 7) is 0.551. The van der Waals surface area contributed by atoms with Crippen molar-refractivity contribution in [2.45, 2.75) is 12.6 Å². The van der Waals surface area contributed by atoms with E-state index in [0.717, 1.165) is 27.8 Å². The molecule has 0 fully saturated rings. The maximum Gasteiger partial charge on any atom is 0.269 e. The number of benzene rings is 3. The van der Waals surface area contributed by atoms with E-state index in [0.29, 0.717) is 24.1 Å². The van der Waals surface area contributed by atoms with E-state index in [2.05, 4.69) is 0 Å². The average Bonchev–Trinajstić information content (AvgIpc) is 3.21. The van der Waals surface area contributed by atoms with Crippen LogP contribution in [0.5, 0.6) is 0 Å². The van der Waals surface area contributed by atoms with Crippen LogP contribution in [-0.2, 0) is 6.42 Å². The summed E-state index contributed by atoms with van der Waals surface area (Å²) < 4.78 is 1.68. The van der Waals surface area contributed by atoms with Gasteiger partial charge >= 0.3 is 0 Å². The molecular formula is C26H20N4O4. The number of nitro groups is 1. The van der Waals surface area contributed by atoms with E-state index in [9.17, 15) is 19.7 Å². The molecule has 1 aromatic heterocycles. The van der Waals surface area contributed by atoms with Gasteiger partial charge in [-0.1, -0.05) is 30.3 Å². The van der Waals surface area contributed by atoms with Crippen molar-refractivity contribution in [1.29, 1.82) is 0 Å². The summed E-state index contributed by atoms with van der Waals surface area (Å²) in [5, 5.41) is 12.1. The minimum atomic E-state index is -0.487. The summed E-state index contributed by atoms with van der Waals surface area (Å²) >= 11 is 0. The number of rotatable bonds is 2. The van der Waals surface area contributed by atoms with Crippen molar-refractivity contribution in [3.63, 3.8) is 0 Å². The Morgan fingerprint density at radius 1 is 1.00 bits per heavy atom. The third-order valence-corrected chi connectivity index (χ3v) is 6.83. The Kier molecular flexibility index (Phi) is 4.32. The van der Waals surface area contributed by atoms with Crippen molar-refractivity contribution in [2.75, 3.05) is 18.5 Å². The van der Waals surface area contributed by atoms with Gasteiger partial charge in [0, 0.05) is 36.7 Å². The lowest BCUT2D eigenvalue weighted by atomic mass is 9.96. The van der Waals surface area contributed by atoms with E-state index < -0.39 is 11.1 Å². The second kappa shape index (κ2) is 7.28. The lowest BCUT2D eigenvalue weighted by Crippen LogP contribution is -2.51. The first-order chi connectivity index (χ1) is 16.5. The fourth-order valence-corrected chi connectivity index (χ4v) is 5.29. The summed E-state index contributed by atoms with van der Waals surface area (Å²) in [6.07, 6.45) is 0.190. The number of hydrogen-bond donors (Lipinski definition) is 0. The van der Waals surface area contributed by atoms with Crippen molar-refractivity contribution in [3.05, 3.63) is 105 Å². The largest absolute Gasteiger partial charge is 0.349 e. The molecule has 6 rings (SSSR count). The quantitative estimate of drug-likeness (QED) is 0.333. The number of carbonyl (C=O) groups is 2. The molecule has 2 aliphatic heterocycles. The molecule has 0 N–H and O–H groups in total. The van der Waals surface area contributed by atoms with Gasteiger partial charge in [-0.05, 0) is 42.3 Å². The molecule has 8 nitrogen and oxygen atoms in total. The minimum absolute atomic E-state index is 0.0519. The van der Waals surface area contributed by atoms with Crippen LogP contribution in [0.15, 0.2) is 72.8 Å². The number of hydrogen-bond acceptors (Lipinski definition) is 5. The Labute approximate surface area is 194 Å². The van der Waals surface area contributed by atoms with Crippen molar-refractivity contribution < 1.29 is 14.5 Å². The lowest BCUT2D eigenvalue weighted by Gasteiger charge is -2.46. The molecule has 168 valence electrons. The van der Waals surface area contributed by atoms with Crippen LogP contribution >= 0.6 is 0 Å². The first-order valence-electron chi connectivity index (χ1n) is 11.0. The molecule has 0 saturated heterocycles. The second-order valence-electron chi connectivity index (χ2n) is 8.58. The van der Waals surface area contributed by atoms with Gasteiger partial charge in [0.15, 0.2) is 0 Å². The highest BCUT2D eigenvalue weighted by Crippen LogP contribution is 2.44. The van der Waals surface area contributed by atoms with Crippen molar-refractivity contribution in [1.82, 2.24) is 9.47 Å². The average molecular weight is 452 g/mol. The molecule has 0 bridgehead atoms. The topological polar surface area (TPSA) is 88.7 Å². The molecule has 3 aromatic carbocycles. The zero-order valence-corrected chi connectivity index (χ0v) is 18.3. The van der Waals surface area contributed by atoms with E-state index in [-0.39, 0.29) is 17.5 Å². The summed E-state index contributed by atoms with van der Waals surface area (Å²) in [5.41, 5.74) is 4.31. The first kappa shape index (κ1) is 20.2. The van der Waals surface area contributed by atoms with Crippen LogP contribution in [0.25, 0.3) is 10.9 Å². The monoisotopic (exact) mass is 452 g/mol. The van der Waals surface area contributed by atoms with Crippen LogP contribution in [-0.4, -0.2) is 39.8 Å². The maximum atomic E-state index is 13.9. The summed E-state index contributed by atoms with van der Waals surface area (Å²) in [4.78, 5) is 41.7. The number of aromatic nitrogens is 1. The number of nitrogens with zero attached hydrogens (tertiary/aromatic N) is 4. The van der Waals surface area contributed by atoms with Crippen LogP contribution in [0.3, 0.4) is 0 Å². The van der Waals surface area contributed by atoms with Gasteiger partial charge in [0.25, 0.3) is 17.5 Å². The van der Waals surface area contributed by atoms with Crippen molar-refractivity contribution >= 4 is 34.1 Å². The van der Waals surface area contributed by atoms with Gasteiger partial charge in [-0.15, -0.1) is 0 Å². The van der Waals surface area contributed by atoms with E-state index in [4.69, 9.17) is 0 Å². The van der Waals surface area contributed by atoms with E-state index in [1.807, 2.05) is 65.4 Å². The van der Waals surface area contributed by atoms with Gasteiger partial charge in [-0.25, -0.2) is 0 Å². The van der Waals surface area contributed by atoms with Gasteiger partial charge < -0.3 is 9.80 Å². The summed E-state index contributed by atoms with van der Waals surface area (Å²) in [6, 6.07) is 20.9. The number of nitro benzene ring substituents is 1. The lowest BCUT2D eigenvalue weighted by molar-refractivity contribution is -0.384. The number of fused-ring (bicyclic) bond motifs is 6. The Bertz CT molecular complexity index is 1510. The van der Waals surface area contributed by atoms with E-state index in [1.54, 1.807) is 4.57 Å². The molecule has 4 aromatic rings. The van der Waals surface area contributed by atoms with Gasteiger partial charge in [0.1, 0.15) is 6.17 Å². The number of para-hydroxylation sites is 2. The third kappa shape index (κ3) is 2.71. The van der Waals surface area contributed by atoms with Gasteiger partial charge in [0.05, 0.1) is 27.4 Å². The van der Waals surface area contributed by atoms with E-state index >= 15 is 0 Å². The summed E-state index contributed by atoms with van der Waals surface area (Å²) in [7, 11) is 1.94. The highest BCUT2D eigenvalue weighted by Gasteiger charge is 2.43. The standard InChI is InChI=1S/C26H20N4O4/c1-27-21-8-4-3-7-20(21)26(32)28-15-14-19-18-6-2-5-9-22(18)29(23(19)24(27)28)25(31)16-10-12-17(13-11-16)30(33)34/h2-13,24H,14-15H2,1H3. The third-order valence-electron chi connectivity index (χ3n) is 6.83. The van der Waals surface area contributed by atoms with Gasteiger partial charge in [-0.3, -0.25) is 24.3 Å². The van der Waals surface area contributed by atoms with Crippen LogP contribution in [0.4, 0.5) is 11.4 Å². The zero-order valence-electron chi connectivity index (χ0n) is 18.3. The molecule has 34 heavy (non-hydrogen) atoms. The number of non-ortho nitro benzene ring substituents is 1. The molecule has 3 heterocycles. The molecule has 1 atom stereocenters. The molecule has 0 aliphatic carbocycles. The smallest absolute Gasteiger partial charge is 0.269 e. The Morgan fingerprint density at radius 3 is 2.47 bits per heavy atom. The highest BCUT2D eigenvalue weighted by molar-refractivity contribution is 6.06. The Hall–Kier alpha value is -4.46.